The van der Waals surface area contributed by atoms with Gasteiger partial charge in [0.1, 0.15) is 11.6 Å². The Bertz CT molecular complexity index is 1500. The minimum atomic E-state index is -0.336. The van der Waals surface area contributed by atoms with Crippen LogP contribution in [0.4, 0.5) is 10.2 Å². The Morgan fingerprint density at radius 2 is 1.53 bits per heavy atom. The highest BCUT2D eigenvalue weighted by atomic mass is 79.9. The zero-order valence-corrected chi connectivity index (χ0v) is 19.1. The van der Waals surface area contributed by atoms with Crippen molar-refractivity contribution in [2.24, 2.45) is 0 Å². The fourth-order valence-corrected chi connectivity index (χ4v) is 4.23. The Labute approximate surface area is 197 Å². The lowest BCUT2D eigenvalue weighted by molar-refractivity contribution is 0.627. The topological polar surface area (TPSA) is 56.7 Å². The number of pyridine rings is 1. The standard InChI is InChI=1S/C25H16BrFN4S/c26-17-8-6-15(7-9-17)20-14-21(16-4-2-1-3-5-16)29-24-22(20)23(28)31(25(32)30-24)19-12-10-18(27)11-13-19/h1-14H,28H2. The van der Waals surface area contributed by atoms with Gasteiger partial charge in [0.2, 0.25) is 4.77 Å². The van der Waals surface area contributed by atoms with Crippen molar-refractivity contribution in [1.29, 1.82) is 0 Å². The highest BCUT2D eigenvalue weighted by Gasteiger charge is 2.17. The Hall–Kier alpha value is -3.42. The Kier molecular flexibility index (Phi) is 5.28. The van der Waals surface area contributed by atoms with Crippen molar-refractivity contribution in [2.75, 3.05) is 5.73 Å². The zero-order valence-electron chi connectivity index (χ0n) is 16.7. The number of nitrogens with zero attached hydrogens (tertiary/aromatic N) is 3. The van der Waals surface area contributed by atoms with Gasteiger partial charge in [-0.2, -0.15) is 4.98 Å². The molecular weight excluding hydrogens is 487 g/mol. The van der Waals surface area contributed by atoms with E-state index in [2.05, 4.69) is 20.9 Å². The largest absolute Gasteiger partial charge is 0.384 e. The number of fused-ring (bicyclic) bond motifs is 1. The second kappa shape index (κ2) is 8.26. The summed E-state index contributed by atoms with van der Waals surface area (Å²) >= 11 is 9.04. The van der Waals surface area contributed by atoms with E-state index in [0.717, 1.165) is 26.9 Å². The first kappa shape index (κ1) is 20.5. The van der Waals surface area contributed by atoms with Gasteiger partial charge in [0.15, 0.2) is 5.65 Å². The molecule has 0 fully saturated rings. The molecule has 2 N–H and O–H groups in total. The van der Waals surface area contributed by atoms with Gasteiger partial charge >= 0.3 is 0 Å². The van der Waals surface area contributed by atoms with Crippen molar-refractivity contribution in [1.82, 2.24) is 14.5 Å². The van der Waals surface area contributed by atoms with Crippen LogP contribution in [0.2, 0.25) is 0 Å². The SMILES string of the molecule is Nc1c2c(-c3ccc(Br)cc3)cc(-c3ccccc3)nc2nc(=S)n1-c1ccc(F)cc1. The molecule has 2 aromatic heterocycles. The molecule has 0 aliphatic carbocycles. The lowest BCUT2D eigenvalue weighted by Gasteiger charge is -2.16. The zero-order chi connectivity index (χ0) is 22.2. The highest BCUT2D eigenvalue weighted by Crippen LogP contribution is 2.36. The normalized spacial score (nSPS) is 11.1. The van der Waals surface area contributed by atoms with Gasteiger partial charge in [-0.15, -0.1) is 0 Å². The summed E-state index contributed by atoms with van der Waals surface area (Å²) in [5.41, 5.74) is 11.4. The third kappa shape index (κ3) is 3.70. The minimum Gasteiger partial charge on any atom is -0.384 e. The van der Waals surface area contributed by atoms with Crippen LogP contribution in [0.3, 0.4) is 0 Å². The molecular formula is C25H16BrFN4S. The van der Waals surface area contributed by atoms with E-state index in [4.69, 9.17) is 22.9 Å². The number of anilines is 1. The summed E-state index contributed by atoms with van der Waals surface area (Å²) in [7, 11) is 0. The summed E-state index contributed by atoms with van der Waals surface area (Å²) in [5, 5.41) is 0.685. The molecule has 0 aliphatic rings. The van der Waals surface area contributed by atoms with Crippen molar-refractivity contribution in [3.8, 4) is 28.1 Å². The van der Waals surface area contributed by atoms with Crippen LogP contribution in [0.15, 0.2) is 89.4 Å². The fourth-order valence-electron chi connectivity index (χ4n) is 3.67. The number of aromatic nitrogens is 3. The summed E-state index contributed by atoms with van der Waals surface area (Å²) in [6, 6.07) is 25.9. The first-order chi connectivity index (χ1) is 15.5. The second-order valence-electron chi connectivity index (χ2n) is 7.22. The number of benzene rings is 3. The van der Waals surface area contributed by atoms with Gasteiger partial charge in [-0.3, -0.25) is 4.57 Å². The molecule has 0 aliphatic heterocycles. The van der Waals surface area contributed by atoms with Gasteiger partial charge < -0.3 is 5.73 Å². The summed E-state index contributed by atoms with van der Waals surface area (Å²) in [5.74, 6) is 0.0638. The van der Waals surface area contributed by atoms with E-state index < -0.39 is 0 Å². The van der Waals surface area contributed by atoms with E-state index in [1.807, 2.05) is 60.7 Å². The van der Waals surface area contributed by atoms with Crippen molar-refractivity contribution < 1.29 is 4.39 Å². The fraction of sp³-hybridized carbons (Fsp3) is 0. The molecule has 0 atom stereocenters. The molecule has 0 amide bonds. The molecule has 0 radical (unpaired) electrons. The Morgan fingerprint density at radius 1 is 0.844 bits per heavy atom. The molecule has 32 heavy (non-hydrogen) atoms. The Morgan fingerprint density at radius 3 is 2.22 bits per heavy atom. The van der Waals surface area contributed by atoms with E-state index >= 15 is 0 Å². The molecule has 4 nitrogen and oxygen atoms in total. The Balaban J connectivity index is 1.86. The maximum absolute atomic E-state index is 13.5. The van der Waals surface area contributed by atoms with E-state index in [0.29, 0.717) is 22.5 Å². The number of hydrogen-bond acceptors (Lipinski definition) is 4. The summed E-state index contributed by atoms with van der Waals surface area (Å²) in [6.07, 6.45) is 0. The molecule has 3 aromatic carbocycles. The number of hydrogen-bond donors (Lipinski definition) is 1. The summed E-state index contributed by atoms with van der Waals surface area (Å²) in [6.45, 7) is 0. The van der Waals surface area contributed by atoms with Gasteiger partial charge in [-0.25, -0.2) is 9.37 Å². The molecule has 0 unspecified atom stereocenters. The quantitative estimate of drug-likeness (QED) is 0.270. The minimum absolute atomic E-state index is 0.251. The molecule has 156 valence electrons. The van der Waals surface area contributed by atoms with Crippen LogP contribution in [0.25, 0.3) is 39.1 Å². The molecule has 0 saturated heterocycles. The van der Waals surface area contributed by atoms with Gasteiger partial charge in [0, 0.05) is 10.0 Å². The maximum atomic E-state index is 13.5. The van der Waals surface area contributed by atoms with Crippen molar-refractivity contribution >= 4 is 45.0 Å². The summed E-state index contributed by atoms with van der Waals surface area (Å²) < 4.78 is 16.4. The second-order valence-corrected chi connectivity index (χ2v) is 8.50. The van der Waals surface area contributed by atoms with Crippen LogP contribution in [0.1, 0.15) is 0 Å². The first-order valence-corrected chi connectivity index (χ1v) is 11.0. The highest BCUT2D eigenvalue weighted by molar-refractivity contribution is 9.10. The molecule has 5 aromatic rings. The van der Waals surface area contributed by atoms with Gasteiger partial charge in [-0.05, 0) is 65.8 Å². The maximum Gasteiger partial charge on any atom is 0.207 e. The van der Waals surface area contributed by atoms with E-state index in [1.165, 1.54) is 12.1 Å². The third-order valence-corrected chi connectivity index (χ3v) is 6.00. The molecule has 7 heteroatoms. The number of nitrogen functional groups attached to an aromatic ring is 1. The van der Waals surface area contributed by atoms with Crippen LogP contribution in [-0.4, -0.2) is 14.5 Å². The average Bonchev–Trinajstić information content (AvgIpc) is 2.80. The van der Waals surface area contributed by atoms with E-state index in [9.17, 15) is 4.39 Å². The molecule has 0 spiro atoms. The van der Waals surface area contributed by atoms with Crippen molar-refractivity contribution in [2.45, 2.75) is 0 Å². The van der Waals surface area contributed by atoms with Gasteiger partial charge in [0.25, 0.3) is 0 Å². The number of rotatable bonds is 3. The van der Waals surface area contributed by atoms with Crippen molar-refractivity contribution in [3.05, 3.63) is 100.0 Å². The van der Waals surface area contributed by atoms with Crippen LogP contribution in [0, 0.1) is 10.6 Å². The van der Waals surface area contributed by atoms with Crippen LogP contribution in [0.5, 0.6) is 0 Å². The predicted molar refractivity (Wildman–Crippen MR) is 133 cm³/mol. The first-order valence-electron chi connectivity index (χ1n) is 9.82. The lowest BCUT2D eigenvalue weighted by Crippen LogP contribution is -2.09. The molecule has 0 bridgehead atoms. The number of halogens is 2. The van der Waals surface area contributed by atoms with Crippen molar-refractivity contribution in [3.63, 3.8) is 0 Å². The van der Waals surface area contributed by atoms with E-state index in [1.54, 1.807) is 16.7 Å². The molecule has 5 rings (SSSR count). The van der Waals surface area contributed by atoms with Crippen LogP contribution in [-0.2, 0) is 0 Å². The molecule has 2 heterocycles. The molecule has 0 saturated carbocycles. The predicted octanol–water partition coefficient (Wildman–Crippen LogP) is 6.97. The van der Waals surface area contributed by atoms with Crippen LogP contribution < -0.4 is 5.73 Å². The third-order valence-electron chi connectivity index (χ3n) is 5.20. The van der Waals surface area contributed by atoms with Crippen LogP contribution >= 0.6 is 28.1 Å². The summed E-state index contributed by atoms with van der Waals surface area (Å²) in [4.78, 5) is 9.39. The average molecular weight is 503 g/mol. The number of nitrogens with two attached hydrogens (primary N) is 1. The van der Waals surface area contributed by atoms with Gasteiger partial charge in [-0.1, -0.05) is 58.4 Å². The smallest absolute Gasteiger partial charge is 0.207 e. The van der Waals surface area contributed by atoms with Gasteiger partial charge in [0.05, 0.1) is 16.8 Å². The monoisotopic (exact) mass is 502 g/mol. The van der Waals surface area contributed by atoms with E-state index in [-0.39, 0.29) is 10.6 Å². The lowest BCUT2D eigenvalue weighted by atomic mass is 10.00.